The number of hydrogen-bond donors (Lipinski definition) is 1. The molecule has 0 saturated carbocycles. The average Bonchev–Trinajstić information content (AvgIpc) is 3.03. The molecule has 1 aliphatic heterocycles. The molecule has 0 bridgehead atoms. The SMILES string of the molecule is CC(=O)NC[C@H]1CC(c2ccc(-c3ccccc3)cc2)=NO1. The molecule has 2 aromatic carbocycles. The highest BCUT2D eigenvalue weighted by Gasteiger charge is 2.22. The van der Waals surface area contributed by atoms with Crippen LogP contribution < -0.4 is 5.32 Å². The molecular formula is C18H18N2O2. The second-order valence-electron chi connectivity index (χ2n) is 5.35. The first-order chi connectivity index (χ1) is 10.7. The summed E-state index contributed by atoms with van der Waals surface area (Å²) < 4.78 is 0. The van der Waals surface area contributed by atoms with Gasteiger partial charge in [0.2, 0.25) is 5.91 Å². The number of carbonyl (C=O) groups excluding carboxylic acids is 1. The Morgan fingerprint density at radius 1 is 1.09 bits per heavy atom. The number of nitrogens with zero attached hydrogens (tertiary/aromatic N) is 1. The zero-order valence-electron chi connectivity index (χ0n) is 12.5. The largest absolute Gasteiger partial charge is 0.390 e. The van der Waals surface area contributed by atoms with Crippen molar-refractivity contribution in [2.75, 3.05) is 6.54 Å². The minimum absolute atomic E-state index is 0.0516. The van der Waals surface area contributed by atoms with Crippen molar-refractivity contribution < 1.29 is 9.63 Å². The third kappa shape index (κ3) is 3.34. The first-order valence-electron chi connectivity index (χ1n) is 7.35. The molecule has 1 aliphatic rings. The maximum Gasteiger partial charge on any atom is 0.217 e. The topological polar surface area (TPSA) is 50.7 Å². The number of nitrogens with one attached hydrogen (secondary N) is 1. The Kier molecular flexibility index (Phi) is 4.19. The molecule has 1 amide bonds. The second kappa shape index (κ2) is 6.43. The van der Waals surface area contributed by atoms with Crippen molar-refractivity contribution >= 4 is 11.6 Å². The summed E-state index contributed by atoms with van der Waals surface area (Å²) >= 11 is 0. The molecule has 22 heavy (non-hydrogen) atoms. The normalized spacial score (nSPS) is 16.8. The number of oxime groups is 1. The minimum atomic E-state index is -0.0762. The number of amides is 1. The van der Waals surface area contributed by atoms with Crippen molar-refractivity contribution in [3.8, 4) is 11.1 Å². The molecule has 0 radical (unpaired) electrons. The summed E-state index contributed by atoms with van der Waals surface area (Å²) in [6.45, 7) is 1.99. The lowest BCUT2D eigenvalue weighted by molar-refractivity contribution is -0.119. The Hall–Kier alpha value is -2.62. The molecule has 3 rings (SSSR count). The van der Waals surface area contributed by atoms with E-state index in [1.807, 2.05) is 18.2 Å². The van der Waals surface area contributed by atoms with Gasteiger partial charge >= 0.3 is 0 Å². The first kappa shape index (κ1) is 14.3. The van der Waals surface area contributed by atoms with Crippen LogP contribution in [0.4, 0.5) is 0 Å². The summed E-state index contributed by atoms with van der Waals surface area (Å²) in [5.74, 6) is -0.0516. The molecule has 0 fully saturated rings. The smallest absolute Gasteiger partial charge is 0.217 e. The third-order valence-electron chi connectivity index (χ3n) is 3.64. The fourth-order valence-electron chi connectivity index (χ4n) is 2.45. The fraction of sp³-hybridized carbons (Fsp3) is 0.222. The number of carbonyl (C=O) groups is 1. The summed E-state index contributed by atoms with van der Waals surface area (Å²) in [5.41, 5.74) is 4.36. The molecule has 4 nitrogen and oxygen atoms in total. The molecule has 0 saturated heterocycles. The summed E-state index contributed by atoms with van der Waals surface area (Å²) in [6.07, 6.45) is 0.637. The Bertz CT molecular complexity index is 678. The van der Waals surface area contributed by atoms with E-state index in [1.165, 1.54) is 18.1 Å². The van der Waals surface area contributed by atoms with Crippen molar-refractivity contribution in [3.63, 3.8) is 0 Å². The van der Waals surface area contributed by atoms with Crippen LogP contribution in [0.5, 0.6) is 0 Å². The van der Waals surface area contributed by atoms with Crippen LogP contribution >= 0.6 is 0 Å². The lowest BCUT2D eigenvalue weighted by Crippen LogP contribution is -2.30. The zero-order chi connectivity index (χ0) is 15.4. The van der Waals surface area contributed by atoms with Crippen LogP contribution in [-0.4, -0.2) is 24.3 Å². The Balaban J connectivity index is 1.66. The van der Waals surface area contributed by atoms with E-state index < -0.39 is 0 Å². The van der Waals surface area contributed by atoms with Gasteiger partial charge in [-0.15, -0.1) is 0 Å². The molecule has 1 atom stereocenters. The van der Waals surface area contributed by atoms with E-state index in [4.69, 9.17) is 4.84 Å². The third-order valence-corrected chi connectivity index (χ3v) is 3.64. The van der Waals surface area contributed by atoms with E-state index in [0.29, 0.717) is 13.0 Å². The van der Waals surface area contributed by atoms with E-state index in [-0.39, 0.29) is 12.0 Å². The van der Waals surface area contributed by atoms with Crippen LogP contribution in [0.2, 0.25) is 0 Å². The van der Waals surface area contributed by atoms with Crippen molar-refractivity contribution in [3.05, 3.63) is 60.2 Å². The molecule has 0 aliphatic carbocycles. The van der Waals surface area contributed by atoms with E-state index >= 15 is 0 Å². The summed E-state index contributed by atoms with van der Waals surface area (Å²) in [6, 6.07) is 18.6. The lowest BCUT2D eigenvalue weighted by Gasteiger charge is -2.08. The van der Waals surface area contributed by atoms with Gasteiger partial charge in [-0.1, -0.05) is 59.8 Å². The van der Waals surface area contributed by atoms with Crippen LogP contribution in [-0.2, 0) is 9.63 Å². The highest BCUT2D eigenvalue weighted by molar-refractivity contribution is 6.01. The second-order valence-corrected chi connectivity index (χ2v) is 5.35. The highest BCUT2D eigenvalue weighted by atomic mass is 16.6. The van der Waals surface area contributed by atoms with Crippen molar-refractivity contribution in [1.82, 2.24) is 5.32 Å². The summed E-state index contributed by atoms with van der Waals surface area (Å²) in [4.78, 5) is 16.3. The number of hydrogen-bond acceptors (Lipinski definition) is 3. The number of benzene rings is 2. The molecule has 0 unspecified atom stereocenters. The van der Waals surface area contributed by atoms with Crippen molar-refractivity contribution in [2.24, 2.45) is 5.16 Å². The maximum atomic E-state index is 10.9. The first-order valence-corrected chi connectivity index (χ1v) is 7.35. The monoisotopic (exact) mass is 294 g/mol. The average molecular weight is 294 g/mol. The molecule has 112 valence electrons. The van der Waals surface area contributed by atoms with Gasteiger partial charge in [-0.05, 0) is 16.7 Å². The van der Waals surface area contributed by atoms with Gasteiger partial charge in [0.25, 0.3) is 0 Å². The van der Waals surface area contributed by atoms with Crippen LogP contribution in [0.25, 0.3) is 11.1 Å². The van der Waals surface area contributed by atoms with Gasteiger partial charge < -0.3 is 10.2 Å². The van der Waals surface area contributed by atoms with E-state index in [1.54, 1.807) is 0 Å². The van der Waals surface area contributed by atoms with E-state index in [9.17, 15) is 4.79 Å². The fourth-order valence-corrected chi connectivity index (χ4v) is 2.45. The Labute approximate surface area is 129 Å². The van der Waals surface area contributed by atoms with Crippen LogP contribution in [0.1, 0.15) is 18.9 Å². The van der Waals surface area contributed by atoms with E-state index in [0.717, 1.165) is 11.3 Å². The molecule has 0 spiro atoms. The number of rotatable bonds is 4. The van der Waals surface area contributed by atoms with Crippen molar-refractivity contribution in [2.45, 2.75) is 19.4 Å². The van der Waals surface area contributed by atoms with Gasteiger partial charge in [-0.3, -0.25) is 4.79 Å². The van der Waals surface area contributed by atoms with Gasteiger partial charge in [0.1, 0.15) is 6.10 Å². The van der Waals surface area contributed by atoms with Gasteiger partial charge in [0.05, 0.1) is 12.3 Å². The van der Waals surface area contributed by atoms with Gasteiger partial charge in [0.15, 0.2) is 0 Å². The standard InChI is InChI=1S/C18H18N2O2/c1-13(21)19-12-17-11-18(20-22-17)16-9-7-15(8-10-16)14-5-3-2-4-6-14/h2-10,17H,11-12H2,1H3,(H,19,21)/t17-/m1/s1. The van der Waals surface area contributed by atoms with Gasteiger partial charge in [0, 0.05) is 13.3 Å². The lowest BCUT2D eigenvalue weighted by atomic mass is 10.0. The molecule has 2 aromatic rings. The predicted octanol–water partition coefficient (Wildman–Crippen LogP) is 2.98. The summed E-state index contributed by atoms with van der Waals surface area (Å²) in [5, 5.41) is 6.89. The van der Waals surface area contributed by atoms with E-state index in [2.05, 4.69) is 46.9 Å². The Morgan fingerprint density at radius 2 is 1.73 bits per heavy atom. The van der Waals surface area contributed by atoms with Crippen LogP contribution in [0, 0.1) is 0 Å². The highest BCUT2D eigenvalue weighted by Crippen LogP contribution is 2.22. The maximum absolute atomic E-state index is 10.9. The minimum Gasteiger partial charge on any atom is -0.390 e. The molecular weight excluding hydrogens is 276 g/mol. The molecule has 1 N–H and O–H groups in total. The van der Waals surface area contributed by atoms with Crippen molar-refractivity contribution in [1.29, 1.82) is 0 Å². The zero-order valence-corrected chi connectivity index (χ0v) is 12.5. The summed E-state index contributed by atoms with van der Waals surface area (Å²) in [7, 11) is 0. The van der Waals surface area contributed by atoms with Gasteiger partial charge in [-0.25, -0.2) is 0 Å². The van der Waals surface area contributed by atoms with Crippen LogP contribution in [0.3, 0.4) is 0 Å². The van der Waals surface area contributed by atoms with Gasteiger partial charge in [-0.2, -0.15) is 0 Å². The van der Waals surface area contributed by atoms with Crippen LogP contribution in [0.15, 0.2) is 59.8 Å². The Morgan fingerprint density at radius 3 is 2.41 bits per heavy atom. The molecule has 4 heteroatoms. The molecule has 0 aromatic heterocycles. The molecule has 1 heterocycles. The quantitative estimate of drug-likeness (QED) is 0.942. The predicted molar refractivity (Wildman–Crippen MR) is 86.6 cm³/mol.